The fourth-order valence-corrected chi connectivity index (χ4v) is 2.25. The van der Waals surface area contributed by atoms with Gasteiger partial charge in [-0.25, -0.2) is 0 Å². The molecule has 14 heavy (non-hydrogen) atoms. The SMILES string of the molecule is CC(C)=CC(N)c1cc(I)ccc1Br. The van der Waals surface area contributed by atoms with Gasteiger partial charge in [0.2, 0.25) is 0 Å². The van der Waals surface area contributed by atoms with Gasteiger partial charge in [-0.1, -0.05) is 27.6 Å². The molecule has 0 aliphatic rings. The van der Waals surface area contributed by atoms with Crippen molar-refractivity contribution in [1.29, 1.82) is 0 Å². The molecular weight excluding hydrogens is 353 g/mol. The minimum atomic E-state index is -0.0240. The number of allylic oxidation sites excluding steroid dienone is 1. The smallest absolute Gasteiger partial charge is 0.0495 e. The zero-order chi connectivity index (χ0) is 10.7. The van der Waals surface area contributed by atoms with Gasteiger partial charge in [-0.2, -0.15) is 0 Å². The van der Waals surface area contributed by atoms with Crippen LogP contribution in [0.2, 0.25) is 0 Å². The predicted molar refractivity (Wildman–Crippen MR) is 73.2 cm³/mol. The molecule has 0 spiro atoms. The molecule has 0 saturated carbocycles. The van der Waals surface area contributed by atoms with E-state index in [1.807, 2.05) is 6.07 Å². The molecule has 1 atom stereocenters. The summed E-state index contributed by atoms with van der Waals surface area (Å²) in [6.45, 7) is 4.11. The molecule has 2 N–H and O–H groups in total. The van der Waals surface area contributed by atoms with Crippen LogP contribution < -0.4 is 5.73 Å². The van der Waals surface area contributed by atoms with Gasteiger partial charge < -0.3 is 5.73 Å². The van der Waals surface area contributed by atoms with Crippen molar-refractivity contribution in [3.63, 3.8) is 0 Å². The highest BCUT2D eigenvalue weighted by molar-refractivity contribution is 14.1. The summed E-state index contributed by atoms with van der Waals surface area (Å²) in [6.07, 6.45) is 2.07. The minimum Gasteiger partial charge on any atom is -0.321 e. The van der Waals surface area contributed by atoms with Crippen LogP contribution in [-0.2, 0) is 0 Å². The van der Waals surface area contributed by atoms with Crippen LogP contribution in [0.5, 0.6) is 0 Å². The minimum absolute atomic E-state index is 0.0240. The third-order valence-corrected chi connectivity index (χ3v) is 3.22. The van der Waals surface area contributed by atoms with Crippen molar-refractivity contribution in [2.24, 2.45) is 5.73 Å². The Morgan fingerprint density at radius 1 is 1.50 bits per heavy atom. The van der Waals surface area contributed by atoms with E-state index in [1.54, 1.807) is 0 Å². The third-order valence-electron chi connectivity index (χ3n) is 1.83. The fourth-order valence-electron chi connectivity index (χ4n) is 1.22. The summed E-state index contributed by atoms with van der Waals surface area (Å²) < 4.78 is 2.28. The van der Waals surface area contributed by atoms with Crippen LogP contribution in [-0.4, -0.2) is 0 Å². The van der Waals surface area contributed by atoms with Crippen molar-refractivity contribution in [2.45, 2.75) is 19.9 Å². The van der Waals surface area contributed by atoms with Crippen LogP contribution in [0.15, 0.2) is 34.3 Å². The lowest BCUT2D eigenvalue weighted by molar-refractivity contribution is 0.892. The lowest BCUT2D eigenvalue weighted by Gasteiger charge is -2.10. The quantitative estimate of drug-likeness (QED) is 0.621. The molecule has 3 heteroatoms. The van der Waals surface area contributed by atoms with Crippen molar-refractivity contribution >= 4 is 38.5 Å². The van der Waals surface area contributed by atoms with Crippen LogP contribution >= 0.6 is 38.5 Å². The van der Waals surface area contributed by atoms with Gasteiger partial charge in [0.15, 0.2) is 0 Å². The first-order chi connectivity index (χ1) is 6.50. The molecule has 0 bridgehead atoms. The number of nitrogens with two attached hydrogens (primary N) is 1. The number of hydrogen-bond donors (Lipinski definition) is 1. The van der Waals surface area contributed by atoms with Crippen molar-refractivity contribution < 1.29 is 0 Å². The monoisotopic (exact) mass is 365 g/mol. The average Bonchev–Trinajstić information content (AvgIpc) is 2.08. The van der Waals surface area contributed by atoms with E-state index in [0.717, 1.165) is 10.0 Å². The largest absolute Gasteiger partial charge is 0.321 e. The first kappa shape index (κ1) is 12.2. The van der Waals surface area contributed by atoms with Gasteiger partial charge in [-0.3, -0.25) is 0 Å². The van der Waals surface area contributed by atoms with E-state index in [2.05, 4.69) is 70.6 Å². The molecule has 0 amide bonds. The highest BCUT2D eigenvalue weighted by atomic mass is 127. The van der Waals surface area contributed by atoms with Crippen LogP contribution in [0.3, 0.4) is 0 Å². The van der Waals surface area contributed by atoms with Crippen LogP contribution in [0.1, 0.15) is 25.5 Å². The van der Waals surface area contributed by atoms with E-state index in [9.17, 15) is 0 Å². The van der Waals surface area contributed by atoms with E-state index < -0.39 is 0 Å². The Hall–Kier alpha value is 0.130. The summed E-state index contributed by atoms with van der Waals surface area (Å²) in [6, 6.07) is 6.18. The van der Waals surface area contributed by atoms with Crippen molar-refractivity contribution in [3.05, 3.63) is 43.5 Å². The summed E-state index contributed by atoms with van der Waals surface area (Å²) in [5, 5.41) is 0. The summed E-state index contributed by atoms with van der Waals surface area (Å²) in [7, 11) is 0. The molecule has 0 aliphatic heterocycles. The summed E-state index contributed by atoms with van der Waals surface area (Å²) in [4.78, 5) is 0. The normalized spacial score (nSPS) is 12.4. The summed E-state index contributed by atoms with van der Waals surface area (Å²) in [5.41, 5.74) is 8.43. The second-order valence-corrected chi connectivity index (χ2v) is 5.54. The Balaban J connectivity index is 3.05. The van der Waals surface area contributed by atoms with Gasteiger partial charge >= 0.3 is 0 Å². The Morgan fingerprint density at radius 2 is 2.14 bits per heavy atom. The third kappa shape index (κ3) is 3.37. The van der Waals surface area contributed by atoms with Crippen molar-refractivity contribution in [2.75, 3.05) is 0 Å². The maximum atomic E-state index is 6.06. The molecule has 1 aromatic rings. The molecule has 1 rings (SSSR count). The maximum Gasteiger partial charge on any atom is 0.0495 e. The first-order valence-electron chi connectivity index (χ1n) is 4.36. The maximum absolute atomic E-state index is 6.06. The number of rotatable bonds is 2. The summed E-state index contributed by atoms with van der Waals surface area (Å²) in [5.74, 6) is 0. The van der Waals surface area contributed by atoms with Gasteiger partial charge in [-0.05, 0) is 60.2 Å². The number of benzene rings is 1. The predicted octanol–water partition coefficient (Wildman–Crippen LogP) is 4.02. The lowest BCUT2D eigenvalue weighted by Crippen LogP contribution is -2.08. The Morgan fingerprint density at radius 3 is 2.71 bits per heavy atom. The van der Waals surface area contributed by atoms with Gasteiger partial charge in [-0.15, -0.1) is 0 Å². The molecule has 0 aromatic heterocycles. The van der Waals surface area contributed by atoms with Crippen LogP contribution in [0.4, 0.5) is 0 Å². The fraction of sp³-hybridized carbons (Fsp3) is 0.273. The highest BCUT2D eigenvalue weighted by Gasteiger charge is 2.07. The second-order valence-electron chi connectivity index (χ2n) is 3.44. The highest BCUT2D eigenvalue weighted by Crippen LogP contribution is 2.25. The summed E-state index contributed by atoms with van der Waals surface area (Å²) >= 11 is 5.80. The van der Waals surface area contributed by atoms with Gasteiger partial charge in [0.05, 0.1) is 0 Å². The zero-order valence-corrected chi connectivity index (χ0v) is 12.0. The average molecular weight is 366 g/mol. The number of hydrogen-bond acceptors (Lipinski definition) is 1. The van der Waals surface area contributed by atoms with E-state index in [4.69, 9.17) is 5.73 Å². The van der Waals surface area contributed by atoms with Gasteiger partial charge in [0.25, 0.3) is 0 Å². The van der Waals surface area contributed by atoms with E-state index in [0.29, 0.717) is 0 Å². The van der Waals surface area contributed by atoms with Gasteiger partial charge in [0.1, 0.15) is 0 Å². The molecule has 1 nitrogen and oxygen atoms in total. The van der Waals surface area contributed by atoms with E-state index >= 15 is 0 Å². The van der Waals surface area contributed by atoms with E-state index in [-0.39, 0.29) is 6.04 Å². The Bertz CT molecular complexity index is 356. The molecule has 0 saturated heterocycles. The van der Waals surface area contributed by atoms with Crippen LogP contribution in [0.25, 0.3) is 0 Å². The standard InChI is InChI=1S/C11H13BrIN/c1-7(2)5-11(14)9-6-8(13)3-4-10(9)12/h3-6,11H,14H2,1-2H3. The Kier molecular flexibility index (Phi) is 4.60. The first-order valence-corrected chi connectivity index (χ1v) is 6.23. The Labute approximate surface area is 107 Å². The molecule has 76 valence electrons. The molecule has 0 fully saturated rings. The molecular formula is C11H13BrIN. The van der Waals surface area contributed by atoms with Gasteiger partial charge in [0, 0.05) is 14.1 Å². The topological polar surface area (TPSA) is 26.0 Å². The van der Waals surface area contributed by atoms with E-state index in [1.165, 1.54) is 9.14 Å². The zero-order valence-electron chi connectivity index (χ0n) is 8.22. The molecule has 0 radical (unpaired) electrons. The molecule has 0 heterocycles. The van der Waals surface area contributed by atoms with Crippen molar-refractivity contribution in [1.82, 2.24) is 0 Å². The molecule has 0 aliphatic carbocycles. The number of halogens is 2. The lowest BCUT2D eigenvalue weighted by atomic mass is 10.1. The van der Waals surface area contributed by atoms with Crippen LogP contribution in [0, 0.1) is 3.57 Å². The molecule has 1 aromatic carbocycles. The molecule has 1 unspecified atom stereocenters. The van der Waals surface area contributed by atoms with Crippen molar-refractivity contribution in [3.8, 4) is 0 Å². The second kappa shape index (κ2) is 5.28.